The lowest BCUT2D eigenvalue weighted by Crippen LogP contribution is -2.21. The van der Waals surface area contributed by atoms with Gasteiger partial charge in [-0.15, -0.1) is 0 Å². The summed E-state index contributed by atoms with van der Waals surface area (Å²) in [6.07, 6.45) is 3.10. The molecular formula is C16H17Cl2N7O. The van der Waals surface area contributed by atoms with Crippen molar-refractivity contribution in [1.29, 1.82) is 5.41 Å². The maximum absolute atomic E-state index is 10.1. The van der Waals surface area contributed by atoms with Crippen LogP contribution < -0.4 is 16.7 Å². The van der Waals surface area contributed by atoms with Crippen LogP contribution in [0.15, 0.2) is 18.3 Å². The van der Waals surface area contributed by atoms with Gasteiger partial charge in [0.15, 0.2) is 11.5 Å². The molecule has 0 bridgehead atoms. The van der Waals surface area contributed by atoms with Crippen LogP contribution in [0, 0.1) is 5.41 Å². The van der Waals surface area contributed by atoms with E-state index in [9.17, 15) is 5.21 Å². The van der Waals surface area contributed by atoms with Crippen LogP contribution in [0.3, 0.4) is 0 Å². The van der Waals surface area contributed by atoms with E-state index in [1.165, 1.54) is 6.20 Å². The molecule has 0 spiro atoms. The minimum absolute atomic E-state index is 0.0332. The molecule has 0 unspecified atom stereocenters. The molecule has 0 aliphatic carbocycles. The summed E-state index contributed by atoms with van der Waals surface area (Å²) in [5.74, 6) is 0.110. The van der Waals surface area contributed by atoms with Gasteiger partial charge in [0.1, 0.15) is 0 Å². The SMILES string of the molecule is CCCc1c(NCc2cn(O)c3nc(=N)nc(N)c-3n2)ccc(Cl)c1Cl. The summed E-state index contributed by atoms with van der Waals surface area (Å²) in [4.78, 5) is 12.0. The van der Waals surface area contributed by atoms with Crippen molar-refractivity contribution in [2.24, 2.45) is 0 Å². The highest BCUT2D eigenvalue weighted by molar-refractivity contribution is 6.42. The Labute approximate surface area is 159 Å². The van der Waals surface area contributed by atoms with Crippen molar-refractivity contribution >= 4 is 34.7 Å². The summed E-state index contributed by atoms with van der Waals surface area (Å²) < 4.78 is 0.789. The fourth-order valence-corrected chi connectivity index (χ4v) is 3.06. The van der Waals surface area contributed by atoms with Gasteiger partial charge in [0.2, 0.25) is 11.4 Å². The number of rotatable bonds is 5. The first-order valence-corrected chi connectivity index (χ1v) is 8.66. The molecule has 0 saturated heterocycles. The Morgan fingerprint density at radius 3 is 2.77 bits per heavy atom. The van der Waals surface area contributed by atoms with E-state index in [0.717, 1.165) is 28.8 Å². The highest BCUT2D eigenvalue weighted by atomic mass is 35.5. The van der Waals surface area contributed by atoms with Gasteiger partial charge >= 0.3 is 0 Å². The maximum atomic E-state index is 10.1. The predicted octanol–water partition coefficient (Wildman–Crippen LogP) is 2.95. The minimum Gasteiger partial charge on any atom is -0.427 e. The van der Waals surface area contributed by atoms with Gasteiger partial charge in [-0.2, -0.15) is 14.7 Å². The summed E-state index contributed by atoms with van der Waals surface area (Å²) in [6, 6.07) is 3.59. The fourth-order valence-electron chi connectivity index (χ4n) is 2.63. The van der Waals surface area contributed by atoms with Crippen molar-refractivity contribution in [3.8, 4) is 11.5 Å². The highest BCUT2D eigenvalue weighted by Crippen LogP contribution is 2.33. The second-order valence-electron chi connectivity index (χ2n) is 5.67. The molecule has 0 saturated carbocycles. The fraction of sp³-hybridized carbons (Fsp3) is 0.250. The number of benzene rings is 1. The second-order valence-corrected chi connectivity index (χ2v) is 6.46. The van der Waals surface area contributed by atoms with Crippen LogP contribution in [0.2, 0.25) is 10.0 Å². The number of nitrogen functional groups attached to an aromatic ring is 1. The Hall–Kier alpha value is -2.58. The van der Waals surface area contributed by atoms with Crippen molar-refractivity contribution in [2.45, 2.75) is 26.3 Å². The van der Waals surface area contributed by atoms with E-state index in [1.807, 2.05) is 6.07 Å². The maximum Gasteiger partial charge on any atom is 0.246 e. The van der Waals surface area contributed by atoms with Crippen LogP contribution >= 0.6 is 23.2 Å². The van der Waals surface area contributed by atoms with Gasteiger partial charge in [0.05, 0.1) is 28.5 Å². The first kappa shape index (κ1) is 18.2. The van der Waals surface area contributed by atoms with Crippen molar-refractivity contribution in [2.75, 3.05) is 11.1 Å². The molecule has 1 aromatic rings. The van der Waals surface area contributed by atoms with Gasteiger partial charge in [0.25, 0.3) is 0 Å². The monoisotopic (exact) mass is 393 g/mol. The number of nitrogens with zero attached hydrogens (tertiary/aromatic N) is 4. The molecule has 136 valence electrons. The number of hydrogen-bond donors (Lipinski definition) is 4. The zero-order valence-electron chi connectivity index (χ0n) is 13.9. The van der Waals surface area contributed by atoms with Crippen molar-refractivity contribution in [3.05, 3.63) is 45.3 Å². The molecule has 2 aliphatic heterocycles. The number of anilines is 2. The van der Waals surface area contributed by atoms with Crippen molar-refractivity contribution < 1.29 is 5.21 Å². The summed E-state index contributed by atoms with van der Waals surface area (Å²) in [7, 11) is 0. The molecule has 10 heteroatoms. The number of hydrogen-bond acceptors (Lipinski definition) is 7. The van der Waals surface area contributed by atoms with Gasteiger partial charge in [-0.3, -0.25) is 5.41 Å². The zero-order valence-corrected chi connectivity index (χ0v) is 15.4. The van der Waals surface area contributed by atoms with Crippen LogP contribution in [0.25, 0.3) is 11.5 Å². The lowest BCUT2D eigenvalue weighted by molar-refractivity contribution is 0.184. The zero-order chi connectivity index (χ0) is 18.8. The normalized spacial score (nSPS) is 11.0. The van der Waals surface area contributed by atoms with Gasteiger partial charge in [-0.25, -0.2) is 4.98 Å². The summed E-state index contributed by atoms with van der Waals surface area (Å²) >= 11 is 12.4. The Bertz CT molecular complexity index is 989. The molecule has 2 aliphatic rings. The third-order valence-electron chi connectivity index (χ3n) is 3.79. The Morgan fingerprint density at radius 2 is 2.04 bits per heavy atom. The Morgan fingerprint density at radius 1 is 1.27 bits per heavy atom. The third-order valence-corrected chi connectivity index (χ3v) is 4.64. The van der Waals surface area contributed by atoms with E-state index in [1.54, 1.807) is 6.07 Å². The molecule has 0 aromatic heterocycles. The molecule has 0 radical (unpaired) electrons. The molecule has 26 heavy (non-hydrogen) atoms. The van der Waals surface area contributed by atoms with Crippen LogP contribution in [0.1, 0.15) is 24.6 Å². The molecule has 0 fully saturated rings. The molecule has 0 atom stereocenters. The Kier molecular flexibility index (Phi) is 5.15. The van der Waals surface area contributed by atoms with Crippen molar-refractivity contribution in [3.63, 3.8) is 0 Å². The summed E-state index contributed by atoms with van der Waals surface area (Å²) in [5.41, 5.74) is 8.03. The summed E-state index contributed by atoms with van der Waals surface area (Å²) in [6.45, 7) is 2.37. The van der Waals surface area contributed by atoms with Crippen molar-refractivity contribution in [1.82, 2.24) is 19.7 Å². The Balaban J connectivity index is 1.93. The average molecular weight is 394 g/mol. The molecule has 5 N–H and O–H groups in total. The summed E-state index contributed by atoms with van der Waals surface area (Å²) in [5, 5.41) is 21.9. The van der Waals surface area contributed by atoms with Crippen LogP contribution in [0.4, 0.5) is 11.5 Å². The van der Waals surface area contributed by atoms with E-state index < -0.39 is 0 Å². The van der Waals surface area contributed by atoms with Gasteiger partial charge in [-0.1, -0.05) is 36.5 Å². The number of halogens is 2. The molecule has 8 nitrogen and oxygen atoms in total. The molecule has 3 rings (SSSR count). The highest BCUT2D eigenvalue weighted by Gasteiger charge is 2.17. The molecule has 2 heterocycles. The quantitative estimate of drug-likeness (QED) is 0.493. The van der Waals surface area contributed by atoms with Gasteiger partial charge < -0.3 is 16.3 Å². The topological polar surface area (TPSA) is 126 Å². The van der Waals surface area contributed by atoms with E-state index in [4.69, 9.17) is 34.3 Å². The number of nitrogens with two attached hydrogens (primary N) is 1. The van der Waals surface area contributed by atoms with Crippen LogP contribution in [0.5, 0.6) is 0 Å². The average Bonchev–Trinajstić information content (AvgIpc) is 2.59. The minimum atomic E-state index is -0.287. The van der Waals surface area contributed by atoms with E-state index in [2.05, 4.69) is 27.2 Å². The first-order valence-electron chi connectivity index (χ1n) is 7.91. The van der Waals surface area contributed by atoms with Gasteiger partial charge in [0, 0.05) is 5.69 Å². The lowest BCUT2D eigenvalue weighted by Gasteiger charge is -2.16. The second kappa shape index (κ2) is 7.35. The van der Waals surface area contributed by atoms with Crippen LogP contribution in [-0.2, 0) is 13.0 Å². The number of nitrogens with one attached hydrogen (secondary N) is 2. The molecular weight excluding hydrogens is 377 g/mol. The van der Waals surface area contributed by atoms with Gasteiger partial charge in [-0.05, 0) is 24.1 Å². The number of aromatic nitrogens is 4. The standard InChI is InChI=1S/C16H17Cl2N7O/c1-2-3-9-11(5-4-10(17)12(9)18)21-6-8-7-25(26)15-13(22-8)14(19)23-16(20)24-15/h4-5,7,21,26H,2-3,6H2,1H3,(H3,19,20,23). The molecule has 0 amide bonds. The van der Waals surface area contributed by atoms with E-state index >= 15 is 0 Å². The van der Waals surface area contributed by atoms with Crippen LogP contribution in [-0.4, -0.2) is 24.9 Å². The third kappa shape index (κ3) is 3.51. The smallest absolute Gasteiger partial charge is 0.246 e. The molecule has 1 aromatic carbocycles. The number of fused-ring (bicyclic) bond motifs is 1. The van der Waals surface area contributed by atoms with E-state index in [0.29, 0.717) is 22.3 Å². The predicted molar refractivity (Wildman–Crippen MR) is 99.7 cm³/mol. The van der Waals surface area contributed by atoms with E-state index in [-0.39, 0.29) is 23.0 Å². The largest absolute Gasteiger partial charge is 0.427 e. The lowest BCUT2D eigenvalue weighted by atomic mass is 10.1. The first-order chi connectivity index (χ1) is 12.4.